The molecule has 0 aromatic heterocycles. The summed E-state index contributed by atoms with van der Waals surface area (Å²) in [5.41, 5.74) is 0.388. The van der Waals surface area contributed by atoms with Crippen molar-refractivity contribution in [1.82, 2.24) is 0 Å². The highest BCUT2D eigenvalue weighted by Gasteiger charge is 2.16. The van der Waals surface area contributed by atoms with Crippen LogP contribution in [0, 0.1) is 5.82 Å². The van der Waals surface area contributed by atoms with Crippen molar-refractivity contribution in [2.24, 2.45) is 0 Å². The van der Waals surface area contributed by atoms with Gasteiger partial charge < -0.3 is 4.74 Å². The molecule has 0 atom stereocenters. The van der Waals surface area contributed by atoms with Crippen LogP contribution in [0.3, 0.4) is 0 Å². The highest BCUT2D eigenvalue weighted by molar-refractivity contribution is 7.80. The molecular weight excluding hydrogens is 253 g/mol. The van der Waals surface area contributed by atoms with Crippen LogP contribution in [0.5, 0.6) is 0 Å². The van der Waals surface area contributed by atoms with E-state index >= 15 is 0 Å². The second kappa shape index (κ2) is 6.09. The first-order valence-electron chi connectivity index (χ1n) is 5.71. The molecule has 0 heterocycles. The van der Waals surface area contributed by atoms with Gasteiger partial charge in [-0.2, -0.15) is 12.6 Å². The summed E-state index contributed by atoms with van der Waals surface area (Å²) in [6, 6.07) is 4.56. The fourth-order valence-corrected chi connectivity index (χ4v) is 1.61. The molecule has 5 heteroatoms. The van der Waals surface area contributed by atoms with E-state index in [9.17, 15) is 9.18 Å². The topological polar surface area (TPSA) is 38.3 Å². The SMILES string of the molecule is CC(C)(C)OC(=O)Nc1ccc(CCS)c(F)c1. The van der Waals surface area contributed by atoms with Crippen LogP contribution < -0.4 is 5.32 Å². The number of hydrogen-bond donors (Lipinski definition) is 2. The fourth-order valence-electron chi connectivity index (χ4n) is 1.37. The molecule has 0 aliphatic heterocycles. The maximum absolute atomic E-state index is 13.6. The lowest BCUT2D eigenvalue weighted by molar-refractivity contribution is 0.0636. The van der Waals surface area contributed by atoms with Crippen molar-refractivity contribution in [2.75, 3.05) is 11.1 Å². The lowest BCUT2D eigenvalue weighted by Crippen LogP contribution is -2.27. The summed E-state index contributed by atoms with van der Waals surface area (Å²) in [5.74, 6) is 0.230. The van der Waals surface area contributed by atoms with Gasteiger partial charge in [0.2, 0.25) is 0 Å². The van der Waals surface area contributed by atoms with Gasteiger partial charge in [-0.3, -0.25) is 5.32 Å². The molecule has 1 amide bonds. The predicted molar refractivity (Wildman–Crippen MR) is 73.8 cm³/mol. The molecule has 0 aliphatic rings. The van der Waals surface area contributed by atoms with Crippen LogP contribution in [0.2, 0.25) is 0 Å². The average molecular weight is 271 g/mol. The second-order valence-corrected chi connectivity index (χ2v) is 5.35. The highest BCUT2D eigenvalue weighted by Crippen LogP contribution is 2.16. The Morgan fingerprint density at radius 3 is 2.61 bits per heavy atom. The molecule has 1 rings (SSSR count). The van der Waals surface area contributed by atoms with Gasteiger partial charge >= 0.3 is 6.09 Å². The van der Waals surface area contributed by atoms with Gasteiger partial charge in [-0.1, -0.05) is 6.07 Å². The van der Waals surface area contributed by atoms with Gasteiger partial charge in [-0.05, 0) is 50.6 Å². The van der Waals surface area contributed by atoms with Gasteiger partial charge in [0, 0.05) is 5.69 Å². The number of thiol groups is 1. The zero-order valence-electron chi connectivity index (χ0n) is 10.8. The maximum Gasteiger partial charge on any atom is 0.412 e. The van der Waals surface area contributed by atoms with Gasteiger partial charge in [0.25, 0.3) is 0 Å². The lowest BCUT2D eigenvalue weighted by Gasteiger charge is -2.19. The Balaban J connectivity index is 2.69. The molecule has 1 aromatic rings. The van der Waals surface area contributed by atoms with Crippen molar-refractivity contribution < 1.29 is 13.9 Å². The molecule has 0 unspecified atom stereocenters. The number of rotatable bonds is 3. The van der Waals surface area contributed by atoms with E-state index in [1.54, 1.807) is 32.9 Å². The van der Waals surface area contributed by atoms with E-state index in [0.717, 1.165) is 0 Å². The number of nitrogens with one attached hydrogen (secondary N) is 1. The molecule has 0 aliphatic carbocycles. The Kier molecular flexibility index (Phi) is 5.02. The van der Waals surface area contributed by atoms with E-state index in [4.69, 9.17) is 4.74 Å². The lowest BCUT2D eigenvalue weighted by atomic mass is 10.1. The molecule has 0 spiro atoms. The van der Waals surface area contributed by atoms with Crippen molar-refractivity contribution in [2.45, 2.75) is 32.8 Å². The van der Waals surface area contributed by atoms with Gasteiger partial charge in [-0.15, -0.1) is 0 Å². The van der Waals surface area contributed by atoms with Crippen LogP contribution in [0.1, 0.15) is 26.3 Å². The Morgan fingerprint density at radius 2 is 2.11 bits per heavy atom. The van der Waals surface area contributed by atoms with Gasteiger partial charge in [0.05, 0.1) is 0 Å². The molecule has 100 valence electrons. The summed E-state index contributed by atoms with van der Waals surface area (Å²) < 4.78 is 18.7. The van der Waals surface area contributed by atoms with Crippen LogP contribution in [-0.4, -0.2) is 17.4 Å². The zero-order valence-corrected chi connectivity index (χ0v) is 11.7. The van der Waals surface area contributed by atoms with E-state index in [2.05, 4.69) is 17.9 Å². The summed E-state index contributed by atoms with van der Waals surface area (Å²) in [4.78, 5) is 11.5. The summed E-state index contributed by atoms with van der Waals surface area (Å²) in [7, 11) is 0. The summed E-state index contributed by atoms with van der Waals surface area (Å²) in [6.45, 7) is 5.30. The molecule has 0 bridgehead atoms. The minimum absolute atomic E-state index is 0.349. The van der Waals surface area contributed by atoms with E-state index < -0.39 is 11.7 Å². The van der Waals surface area contributed by atoms with Crippen LogP contribution in [0.25, 0.3) is 0 Å². The normalized spacial score (nSPS) is 11.2. The second-order valence-electron chi connectivity index (χ2n) is 4.91. The predicted octanol–water partition coefficient (Wildman–Crippen LogP) is 3.65. The van der Waals surface area contributed by atoms with Gasteiger partial charge in [0.1, 0.15) is 11.4 Å². The number of ether oxygens (including phenoxy) is 1. The van der Waals surface area contributed by atoms with Crippen molar-refractivity contribution in [3.8, 4) is 0 Å². The minimum atomic E-state index is -0.594. The number of halogens is 1. The number of carbonyl (C=O) groups excluding carboxylic acids is 1. The standard InChI is InChI=1S/C13H18FNO2S/c1-13(2,3)17-12(16)15-10-5-4-9(6-7-18)11(14)8-10/h4-5,8,18H,6-7H2,1-3H3,(H,15,16). The van der Waals surface area contributed by atoms with Crippen molar-refractivity contribution in [3.63, 3.8) is 0 Å². The minimum Gasteiger partial charge on any atom is -0.444 e. The number of benzene rings is 1. The van der Waals surface area contributed by atoms with Crippen molar-refractivity contribution in [3.05, 3.63) is 29.6 Å². The molecule has 1 N–H and O–H groups in total. The largest absolute Gasteiger partial charge is 0.444 e. The first-order valence-corrected chi connectivity index (χ1v) is 6.34. The fraction of sp³-hybridized carbons (Fsp3) is 0.462. The Labute approximate surface area is 112 Å². The van der Waals surface area contributed by atoms with Crippen LogP contribution >= 0.6 is 12.6 Å². The van der Waals surface area contributed by atoms with E-state index in [1.165, 1.54) is 6.07 Å². The van der Waals surface area contributed by atoms with Crippen LogP contribution in [0.15, 0.2) is 18.2 Å². The maximum atomic E-state index is 13.6. The van der Waals surface area contributed by atoms with E-state index in [-0.39, 0.29) is 5.82 Å². The molecule has 1 aromatic carbocycles. The average Bonchev–Trinajstić information content (AvgIpc) is 2.19. The molecule has 0 fully saturated rings. The third-order valence-corrected chi connectivity index (χ3v) is 2.30. The molecular formula is C13H18FNO2S. The first kappa shape index (κ1) is 14.8. The van der Waals surface area contributed by atoms with Gasteiger partial charge in [0.15, 0.2) is 0 Å². The first-order chi connectivity index (χ1) is 8.31. The third kappa shape index (κ3) is 4.96. The van der Waals surface area contributed by atoms with Crippen LogP contribution in [0.4, 0.5) is 14.9 Å². The summed E-state index contributed by atoms with van der Waals surface area (Å²) in [6.07, 6.45) is -0.0365. The highest BCUT2D eigenvalue weighted by atomic mass is 32.1. The molecule has 0 radical (unpaired) electrons. The monoisotopic (exact) mass is 271 g/mol. The van der Waals surface area contributed by atoms with Gasteiger partial charge in [-0.25, -0.2) is 9.18 Å². The molecule has 0 saturated heterocycles. The molecule has 0 saturated carbocycles. The zero-order chi connectivity index (χ0) is 13.8. The third-order valence-electron chi connectivity index (χ3n) is 2.08. The van der Waals surface area contributed by atoms with E-state index in [0.29, 0.717) is 23.4 Å². The quantitative estimate of drug-likeness (QED) is 0.824. The number of amides is 1. The van der Waals surface area contributed by atoms with Crippen molar-refractivity contribution >= 4 is 24.4 Å². The smallest absolute Gasteiger partial charge is 0.412 e. The number of aryl methyl sites for hydroxylation is 1. The summed E-state index contributed by atoms with van der Waals surface area (Å²) in [5, 5.41) is 2.49. The molecule has 3 nitrogen and oxygen atoms in total. The Hall–Kier alpha value is -1.23. The Bertz CT molecular complexity index is 429. The van der Waals surface area contributed by atoms with E-state index in [1.807, 2.05) is 0 Å². The molecule has 18 heavy (non-hydrogen) atoms. The summed E-state index contributed by atoms with van der Waals surface area (Å²) >= 11 is 4.05. The Morgan fingerprint density at radius 1 is 1.44 bits per heavy atom. The van der Waals surface area contributed by atoms with Crippen LogP contribution in [-0.2, 0) is 11.2 Å². The number of carbonyl (C=O) groups is 1. The number of hydrogen-bond acceptors (Lipinski definition) is 3. The van der Waals surface area contributed by atoms with Crippen molar-refractivity contribution in [1.29, 1.82) is 0 Å². The number of anilines is 1.